The first-order valence-electron chi connectivity index (χ1n) is 7.71. The summed E-state index contributed by atoms with van der Waals surface area (Å²) in [7, 11) is 0. The lowest BCUT2D eigenvalue weighted by atomic mass is 10.00. The molecule has 1 N–H and O–H groups in total. The summed E-state index contributed by atoms with van der Waals surface area (Å²) in [4.78, 5) is 11.8. The third-order valence-corrected chi connectivity index (χ3v) is 3.66. The number of amides is 1. The molecule has 4 heteroatoms. The van der Waals surface area contributed by atoms with Gasteiger partial charge in [-0.25, -0.2) is 5.43 Å². The number of hydrogen-bond donors (Lipinski definition) is 1. The number of hydrazone groups is 1. The van der Waals surface area contributed by atoms with Crippen LogP contribution in [0.3, 0.4) is 0 Å². The van der Waals surface area contributed by atoms with Crippen molar-refractivity contribution < 1.29 is 9.53 Å². The average Bonchev–Trinajstić information content (AvgIpc) is 2.89. The molecule has 1 amide bonds. The van der Waals surface area contributed by atoms with Crippen molar-refractivity contribution in [1.29, 1.82) is 0 Å². The number of aryl methyl sites for hydroxylation is 1. The summed E-state index contributed by atoms with van der Waals surface area (Å²) in [5.74, 6) is 0.880. The molecule has 0 saturated heterocycles. The van der Waals surface area contributed by atoms with E-state index in [1.807, 2.05) is 18.2 Å². The molecule has 0 fully saturated rings. The van der Waals surface area contributed by atoms with Gasteiger partial charge in [-0.3, -0.25) is 4.79 Å². The van der Waals surface area contributed by atoms with Gasteiger partial charge in [0, 0.05) is 0 Å². The Morgan fingerprint density at radius 2 is 2.09 bits per heavy atom. The molecule has 1 aromatic rings. The zero-order valence-corrected chi connectivity index (χ0v) is 13.8. The Hall–Kier alpha value is -2.10. The van der Waals surface area contributed by atoms with Gasteiger partial charge in [-0.15, -0.1) is 0 Å². The lowest BCUT2D eigenvalue weighted by molar-refractivity contribution is -0.123. The van der Waals surface area contributed by atoms with Crippen molar-refractivity contribution in [1.82, 2.24) is 5.43 Å². The lowest BCUT2D eigenvalue weighted by Gasteiger charge is -2.14. The van der Waals surface area contributed by atoms with E-state index in [9.17, 15) is 4.79 Å². The van der Waals surface area contributed by atoms with E-state index in [0.717, 1.165) is 29.9 Å². The van der Waals surface area contributed by atoms with Crippen molar-refractivity contribution in [2.24, 2.45) is 5.10 Å². The largest absolute Gasteiger partial charge is 0.483 e. The molecule has 0 unspecified atom stereocenters. The Bertz CT molecular complexity index is 616. The van der Waals surface area contributed by atoms with E-state index in [1.54, 1.807) is 0 Å². The highest BCUT2D eigenvalue weighted by Crippen LogP contribution is 2.27. The normalized spacial score (nSPS) is 16.0. The number of rotatable bonds is 5. The van der Waals surface area contributed by atoms with Gasteiger partial charge in [-0.2, -0.15) is 5.10 Å². The van der Waals surface area contributed by atoms with Gasteiger partial charge in [-0.1, -0.05) is 37.1 Å². The van der Waals surface area contributed by atoms with Gasteiger partial charge in [0.25, 0.3) is 5.91 Å². The van der Waals surface area contributed by atoms with E-state index in [0.29, 0.717) is 5.92 Å². The van der Waals surface area contributed by atoms with Gasteiger partial charge >= 0.3 is 0 Å². The summed E-state index contributed by atoms with van der Waals surface area (Å²) >= 11 is 0. The minimum absolute atomic E-state index is 0.0255. The maximum absolute atomic E-state index is 11.8. The summed E-state index contributed by atoms with van der Waals surface area (Å²) in [6, 6.07) is 6.02. The van der Waals surface area contributed by atoms with Crippen molar-refractivity contribution >= 4 is 11.6 Å². The van der Waals surface area contributed by atoms with Crippen LogP contribution >= 0.6 is 0 Å². The first-order chi connectivity index (χ1) is 10.5. The molecule has 0 bridgehead atoms. The van der Waals surface area contributed by atoms with Crippen LogP contribution in [0.15, 0.2) is 34.9 Å². The molecule has 0 spiro atoms. The molecular weight excluding hydrogens is 276 g/mol. The van der Waals surface area contributed by atoms with Crippen LogP contribution in [-0.4, -0.2) is 18.2 Å². The minimum atomic E-state index is -0.235. The van der Waals surface area contributed by atoms with Crippen LogP contribution in [0.2, 0.25) is 0 Å². The van der Waals surface area contributed by atoms with Crippen LogP contribution in [0, 0.1) is 6.92 Å². The van der Waals surface area contributed by atoms with Gasteiger partial charge in [0.15, 0.2) is 6.61 Å². The summed E-state index contributed by atoms with van der Waals surface area (Å²) in [5.41, 5.74) is 7.08. The number of benzene rings is 1. The highest BCUT2D eigenvalue weighted by Gasteiger charge is 2.11. The maximum Gasteiger partial charge on any atom is 0.277 e. The third-order valence-electron chi connectivity index (χ3n) is 3.66. The zero-order chi connectivity index (χ0) is 16.1. The number of nitrogens with one attached hydrogen (secondary N) is 1. The molecule has 1 aromatic carbocycles. The van der Waals surface area contributed by atoms with E-state index in [4.69, 9.17) is 4.74 Å². The van der Waals surface area contributed by atoms with Crippen LogP contribution in [0.25, 0.3) is 0 Å². The van der Waals surface area contributed by atoms with E-state index in [-0.39, 0.29) is 12.5 Å². The predicted octanol–water partition coefficient (Wildman–Crippen LogP) is 3.71. The second-order valence-corrected chi connectivity index (χ2v) is 6.11. The average molecular weight is 300 g/mol. The standard InChI is InChI=1S/C18H24N2O2/c1-12(2)16-10-14(4)6-8-17(16)22-11-18(21)20-19-15-7-5-13(3)9-15/h6,8-10,12H,5,7,11H2,1-4H3,(H,20,21). The van der Waals surface area contributed by atoms with Gasteiger partial charge in [0.1, 0.15) is 5.75 Å². The fraction of sp³-hybridized carbons (Fsp3) is 0.444. The zero-order valence-electron chi connectivity index (χ0n) is 13.8. The second kappa shape index (κ2) is 7.25. The number of hydrogen-bond acceptors (Lipinski definition) is 3. The number of ether oxygens (including phenoxy) is 1. The number of allylic oxidation sites excluding steroid dienone is 2. The third kappa shape index (κ3) is 4.45. The molecule has 0 aromatic heterocycles. The molecule has 0 radical (unpaired) electrons. The van der Waals surface area contributed by atoms with Crippen LogP contribution in [-0.2, 0) is 4.79 Å². The molecule has 118 valence electrons. The summed E-state index contributed by atoms with van der Waals surface area (Å²) in [6.07, 6.45) is 3.92. The molecule has 1 aliphatic carbocycles. The lowest BCUT2D eigenvalue weighted by Crippen LogP contribution is -2.25. The van der Waals surface area contributed by atoms with Crippen molar-refractivity contribution in [3.8, 4) is 5.75 Å². The van der Waals surface area contributed by atoms with Crippen LogP contribution in [0.4, 0.5) is 0 Å². The summed E-state index contributed by atoms with van der Waals surface area (Å²) in [6.45, 7) is 8.32. The SMILES string of the molecule is CC1=CC(=NNC(=O)COc2ccc(C)cc2C(C)C)CC1. The van der Waals surface area contributed by atoms with Crippen molar-refractivity contribution in [3.05, 3.63) is 41.0 Å². The highest BCUT2D eigenvalue weighted by molar-refractivity contribution is 5.98. The Morgan fingerprint density at radius 3 is 2.73 bits per heavy atom. The Kier molecular flexibility index (Phi) is 5.36. The van der Waals surface area contributed by atoms with Crippen LogP contribution in [0.1, 0.15) is 50.7 Å². The number of nitrogens with zero attached hydrogens (tertiary/aromatic N) is 1. The minimum Gasteiger partial charge on any atom is -0.483 e. The fourth-order valence-corrected chi connectivity index (χ4v) is 2.40. The molecule has 0 aliphatic heterocycles. The quantitative estimate of drug-likeness (QED) is 0.843. The van der Waals surface area contributed by atoms with Gasteiger partial charge in [0.2, 0.25) is 0 Å². The fourth-order valence-electron chi connectivity index (χ4n) is 2.40. The van der Waals surface area contributed by atoms with Crippen LogP contribution in [0.5, 0.6) is 5.75 Å². The molecular formula is C18H24N2O2. The Balaban J connectivity index is 1.91. The van der Waals surface area contributed by atoms with E-state index >= 15 is 0 Å². The molecule has 4 nitrogen and oxygen atoms in total. The smallest absolute Gasteiger partial charge is 0.277 e. The Morgan fingerprint density at radius 1 is 1.32 bits per heavy atom. The van der Waals surface area contributed by atoms with E-state index in [1.165, 1.54) is 11.1 Å². The molecule has 0 saturated carbocycles. The van der Waals surface area contributed by atoms with Crippen molar-refractivity contribution in [2.45, 2.75) is 46.5 Å². The Labute approximate surface area is 132 Å². The van der Waals surface area contributed by atoms with Gasteiger partial charge in [-0.05, 0) is 50.3 Å². The molecule has 0 heterocycles. The van der Waals surface area contributed by atoms with Gasteiger partial charge < -0.3 is 4.74 Å². The summed E-state index contributed by atoms with van der Waals surface area (Å²) < 4.78 is 5.65. The van der Waals surface area contributed by atoms with E-state index in [2.05, 4.69) is 44.3 Å². The molecule has 22 heavy (non-hydrogen) atoms. The van der Waals surface area contributed by atoms with Crippen LogP contribution < -0.4 is 10.2 Å². The predicted molar refractivity (Wildman–Crippen MR) is 89.3 cm³/mol. The van der Waals surface area contributed by atoms with Crippen molar-refractivity contribution in [2.75, 3.05) is 6.61 Å². The summed E-state index contributed by atoms with van der Waals surface area (Å²) in [5, 5.41) is 4.12. The number of carbonyl (C=O) groups excluding carboxylic acids is 1. The van der Waals surface area contributed by atoms with Crippen molar-refractivity contribution in [3.63, 3.8) is 0 Å². The highest BCUT2D eigenvalue weighted by atomic mass is 16.5. The molecule has 0 atom stereocenters. The first-order valence-corrected chi connectivity index (χ1v) is 7.71. The monoisotopic (exact) mass is 300 g/mol. The second-order valence-electron chi connectivity index (χ2n) is 6.11. The van der Waals surface area contributed by atoms with Gasteiger partial charge in [0.05, 0.1) is 5.71 Å². The number of carbonyl (C=O) groups is 1. The maximum atomic E-state index is 11.8. The molecule has 2 rings (SSSR count). The first kappa shape index (κ1) is 16.3. The molecule has 1 aliphatic rings. The topological polar surface area (TPSA) is 50.7 Å². The van der Waals surface area contributed by atoms with E-state index < -0.39 is 0 Å².